The highest BCUT2D eigenvalue weighted by Gasteiger charge is 2.10. The third-order valence-electron chi connectivity index (χ3n) is 2.65. The van der Waals surface area contributed by atoms with Gasteiger partial charge in [0.05, 0.1) is 11.0 Å². The Balaban J connectivity index is 2.59. The summed E-state index contributed by atoms with van der Waals surface area (Å²) in [6.07, 6.45) is 0.957. The minimum Gasteiger partial charge on any atom is -0.328 e. The molecule has 0 radical (unpaired) electrons. The Morgan fingerprint density at radius 1 is 1.38 bits per heavy atom. The minimum absolute atomic E-state index is 0.623. The van der Waals surface area contributed by atoms with Gasteiger partial charge in [-0.1, -0.05) is 32.4 Å². The molecular formula is C13H17ClN2. The first-order chi connectivity index (χ1) is 7.61. The summed E-state index contributed by atoms with van der Waals surface area (Å²) in [5.74, 6) is 1.77. The Kier molecular flexibility index (Phi) is 3.20. The summed E-state index contributed by atoms with van der Waals surface area (Å²) in [5.41, 5.74) is 2.19. The molecule has 0 aliphatic rings. The predicted molar refractivity (Wildman–Crippen MR) is 69.0 cm³/mol. The predicted octanol–water partition coefficient (Wildman–Crippen LogP) is 3.91. The van der Waals surface area contributed by atoms with Crippen LogP contribution in [0.1, 0.15) is 26.6 Å². The van der Waals surface area contributed by atoms with Crippen LogP contribution >= 0.6 is 11.6 Å². The quantitative estimate of drug-likeness (QED) is 0.790. The average molecular weight is 237 g/mol. The second-order valence-corrected chi connectivity index (χ2v) is 4.96. The molecular weight excluding hydrogens is 220 g/mol. The van der Waals surface area contributed by atoms with Crippen molar-refractivity contribution in [3.8, 4) is 0 Å². The van der Waals surface area contributed by atoms with Crippen LogP contribution in [-0.2, 0) is 13.0 Å². The van der Waals surface area contributed by atoms with Crippen molar-refractivity contribution >= 4 is 22.6 Å². The number of fused-ring (bicyclic) bond motifs is 1. The fraction of sp³-hybridized carbons (Fsp3) is 0.462. The van der Waals surface area contributed by atoms with Gasteiger partial charge in [0.1, 0.15) is 5.82 Å². The Bertz CT molecular complexity index is 500. The fourth-order valence-electron chi connectivity index (χ4n) is 1.99. The zero-order chi connectivity index (χ0) is 11.7. The summed E-state index contributed by atoms with van der Waals surface area (Å²) in [6, 6.07) is 5.93. The smallest absolute Gasteiger partial charge is 0.109 e. The highest BCUT2D eigenvalue weighted by Crippen LogP contribution is 2.21. The largest absolute Gasteiger partial charge is 0.328 e. The van der Waals surface area contributed by atoms with Crippen LogP contribution in [-0.4, -0.2) is 9.55 Å². The number of aromatic nitrogens is 2. The summed E-state index contributed by atoms with van der Waals surface area (Å²) in [7, 11) is 0. The molecule has 16 heavy (non-hydrogen) atoms. The van der Waals surface area contributed by atoms with Gasteiger partial charge in [0.25, 0.3) is 0 Å². The van der Waals surface area contributed by atoms with E-state index in [0.717, 1.165) is 29.3 Å². The molecule has 0 unspecified atom stereocenters. The molecule has 0 aliphatic carbocycles. The van der Waals surface area contributed by atoms with E-state index in [1.54, 1.807) is 0 Å². The topological polar surface area (TPSA) is 17.8 Å². The van der Waals surface area contributed by atoms with Crippen molar-refractivity contribution in [3.05, 3.63) is 29.0 Å². The van der Waals surface area contributed by atoms with E-state index in [0.29, 0.717) is 5.92 Å². The molecule has 1 aromatic carbocycles. The van der Waals surface area contributed by atoms with E-state index in [2.05, 4.69) is 36.4 Å². The molecule has 0 fully saturated rings. The number of halogens is 1. The molecule has 2 rings (SSSR count). The molecule has 2 nitrogen and oxygen atoms in total. The zero-order valence-corrected chi connectivity index (χ0v) is 10.8. The van der Waals surface area contributed by atoms with Crippen molar-refractivity contribution in [3.63, 3.8) is 0 Å². The highest BCUT2D eigenvalue weighted by molar-refractivity contribution is 6.31. The lowest BCUT2D eigenvalue weighted by Gasteiger charge is -2.10. The molecule has 0 N–H and O–H groups in total. The average Bonchev–Trinajstić information content (AvgIpc) is 2.55. The lowest BCUT2D eigenvalue weighted by molar-refractivity contribution is 0.518. The maximum atomic E-state index is 5.98. The summed E-state index contributed by atoms with van der Waals surface area (Å²) in [4.78, 5) is 4.62. The number of imidazole rings is 1. The van der Waals surface area contributed by atoms with Gasteiger partial charge < -0.3 is 4.57 Å². The van der Waals surface area contributed by atoms with Crippen LogP contribution in [0.5, 0.6) is 0 Å². The van der Waals surface area contributed by atoms with E-state index in [1.165, 1.54) is 5.52 Å². The SMILES string of the molecule is CCc1nc2cc(Cl)ccc2n1CC(C)C. The molecule has 2 aromatic rings. The van der Waals surface area contributed by atoms with Crippen LogP contribution in [0.4, 0.5) is 0 Å². The molecule has 3 heteroatoms. The van der Waals surface area contributed by atoms with E-state index in [4.69, 9.17) is 11.6 Å². The van der Waals surface area contributed by atoms with Crippen LogP contribution in [0.3, 0.4) is 0 Å². The Labute approximate surface area is 101 Å². The second-order valence-electron chi connectivity index (χ2n) is 4.52. The summed E-state index contributed by atoms with van der Waals surface area (Å²) in [5, 5.41) is 0.754. The molecule has 0 aliphatic heterocycles. The first-order valence-electron chi connectivity index (χ1n) is 5.76. The second kappa shape index (κ2) is 4.46. The normalized spacial score (nSPS) is 11.6. The van der Waals surface area contributed by atoms with Crippen LogP contribution < -0.4 is 0 Å². The Morgan fingerprint density at radius 2 is 2.12 bits per heavy atom. The van der Waals surface area contributed by atoms with Gasteiger partial charge in [-0.25, -0.2) is 4.98 Å². The summed E-state index contributed by atoms with van der Waals surface area (Å²) >= 11 is 5.98. The van der Waals surface area contributed by atoms with Crippen molar-refractivity contribution in [1.82, 2.24) is 9.55 Å². The number of nitrogens with zero attached hydrogens (tertiary/aromatic N) is 2. The van der Waals surface area contributed by atoms with Gasteiger partial charge >= 0.3 is 0 Å². The van der Waals surface area contributed by atoms with Crippen molar-refractivity contribution in [1.29, 1.82) is 0 Å². The lowest BCUT2D eigenvalue weighted by atomic mass is 10.2. The van der Waals surface area contributed by atoms with E-state index in [1.807, 2.05) is 12.1 Å². The van der Waals surface area contributed by atoms with Crippen LogP contribution in [0.25, 0.3) is 11.0 Å². The number of rotatable bonds is 3. The third kappa shape index (κ3) is 2.07. The standard InChI is InChI=1S/C13H17ClN2/c1-4-13-15-11-7-10(14)5-6-12(11)16(13)8-9(2)3/h5-7,9H,4,8H2,1-3H3. The van der Waals surface area contributed by atoms with Gasteiger partial charge in [-0.2, -0.15) is 0 Å². The van der Waals surface area contributed by atoms with Gasteiger partial charge in [0.2, 0.25) is 0 Å². The number of benzene rings is 1. The van der Waals surface area contributed by atoms with Gasteiger partial charge in [-0.15, -0.1) is 0 Å². The van der Waals surface area contributed by atoms with E-state index < -0.39 is 0 Å². The highest BCUT2D eigenvalue weighted by atomic mass is 35.5. The van der Waals surface area contributed by atoms with Crippen molar-refractivity contribution < 1.29 is 0 Å². The molecule has 0 bridgehead atoms. The maximum Gasteiger partial charge on any atom is 0.109 e. The van der Waals surface area contributed by atoms with Gasteiger partial charge in [0.15, 0.2) is 0 Å². The van der Waals surface area contributed by atoms with Crippen LogP contribution in [0.15, 0.2) is 18.2 Å². The molecule has 0 spiro atoms. The molecule has 0 amide bonds. The zero-order valence-electron chi connectivity index (χ0n) is 10.00. The molecule has 0 saturated carbocycles. The van der Waals surface area contributed by atoms with Gasteiger partial charge in [0, 0.05) is 18.0 Å². The van der Waals surface area contributed by atoms with E-state index >= 15 is 0 Å². The summed E-state index contributed by atoms with van der Waals surface area (Å²) < 4.78 is 2.30. The van der Waals surface area contributed by atoms with E-state index in [9.17, 15) is 0 Å². The van der Waals surface area contributed by atoms with Crippen LogP contribution in [0.2, 0.25) is 5.02 Å². The first kappa shape index (κ1) is 11.5. The molecule has 0 saturated heterocycles. The number of hydrogen-bond acceptors (Lipinski definition) is 1. The summed E-state index contributed by atoms with van der Waals surface area (Å²) in [6.45, 7) is 7.60. The van der Waals surface area contributed by atoms with Crippen molar-refractivity contribution in [2.24, 2.45) is 5.92 Å². The Morgan fingerprint density at radius 3 is 2.75 bits per heavy atom. The van der Waals surface area contributed by atoms with Crippen LogP contribution in [0, 0.1) is 5.92 Å². The Hall–Kier alpha value is -1.02. The number of hydrogen-bond donors (Lipinski definition) is 0. The number of aryl methyl sites for hydroxylation is 1. The van der Waals surface area contributed by atoms with Crippen molar-refractivity contribution in [2.75, 3.05) is 0 Å². The van der Waals surface area contributed by atoms with Crippen molar-refractivity contribution in [2.45, 2.75) is 33.7 Å². The lowest BCUT2D eigenvalue weighted by Crippen LogP contribution is -2.07. The monoisotopic (exact) mass is 236 g/mol. The molecule has 0 atom stereocenters. The third-order valence-corrected chi connectivity index (χ3v) is 2.89. The fourth-order valence-corrected chi connectivity index (χ4v) is 2.16. The maximum absolute atomic E-state index is 5.98. The molecule has 1 heterocycles. The van der Waals surface area contributed by atoms with Gasteiger partial charge in [-0.05, 0) is 24.1 Å². The first-order valence-corrected chi connectivity index (χ1v) is 6.14. The van der Waals surface area contributed by atoms with Gasteiger partial charge in [-0.3, -0.25) is 0 Å². The molecule has 86 valence electrons. The van der Waals surface area contributed by atoms with E-state index in [-0.39, 0.29) is 0 Å². The minimum atomic E-state index is 0.623. The molecule has 1 aromatic heterocycles.